The molecule has 1 heterocycles. The summed E-state index contributed by atoms with van der Waals surface area (Å²) in [5, 5.41) is 0. The predicted octanol–water partition coefficient (Wildman–Crippen LogP) is 1.20. The summed E-state index contributed by atoms with van der Waals surface area (Å²) < 4.78 is 5.40. The Hall–Kier alpha value is -1.59. The van der Waals surface area contributed by atoms with Gasteiger partial charge in [-0.05, 0) is 38.9 Å². The summed E-state index contributed by atoms with van der Waals surface area (Å²) in [6.45, 7) is 4.56. The van der Waals surface area contributed by atoms with E-state index in [4.69, 9.17) is 16.2 Å². The molecule has 4 N–H and O–H groups in total. The van der Waals surface area contributed by atoms with Crippen LogP contribution < -0.4 is 16.2 Å². The monoisotopic (exact) mass is 291 g/mol. The standard InChI is InChI=1S/C16H25N3O2/c1-11-3-4-15(21-2)13(9-11)14(17)10-19-7-5-12(6-8-19)16(18)20/h3-4,9,12,14H,5-8,10,17H2,1-2H3,(H2,18,20). The average molecular weight is 291 g/mol. The van der Waals surface area contributed by atoms with E-state index in [1.165, 1.54) is 5.56 Å². The van der Waals surface area contributed by atoms with Crippen LogP contribution in [0.1, 0.15) is 30.0 Å². The minimum absolute atomic E-state index is 0.0194. The van der Waals surface area contributed by atoms with Gasteiger partial charge >= 0.3 is 0 Å². The number of benzene rings is 1. The number of piperidine rings is 1. The Morgan fingerprint density at radius 1 is 1.43 bits per heavy atom. The number of carbonyl (C=O) groups excluding carboxylic acids is 1. The maximum absolute atomic E-state index is 11.2. The van der Waals surface area contributed by atoms with Crippen molar-refractivity contribution in [3.8, 4) is 5.75 Å². The second kappa shape index (κ2) is 6.91. The van der Waals surface area contributed by atoms with E-state index in [-0.39, 0.29) is 17.9 Å². The zero-order chi connectivity index (χ0) is 15.4. The lowest BCUT2D eigenvalue weighted by Crippen LogP contribution is -2.41. The van der Waals surface area contributed by atoms with Crippen molar-refractivity contribution in [2.24, 2.45) is 17.4 Å². The van der Waals surface area contributed by atoms with Gasteiger partial charge in [0.25, 0.3) is 0 Å². The minimum Gasteiger partial charge on any atom is -0.496 e. The Kier molecular flexibility index (Phi) is 5.20. The molecule has 1 saturated heterocycles. The molecule has 5 nitrogen and oxygen atoms in total. The quantitative estimate of drug-likeness (QED) is 0.854. The number of carbonyl (C=O) groups is 1. The van der Waals surface area contributed by atoms with Gasteiger partial charge in [-0.2, -0.15) is 0 Å². The number of hydrogen-bond acceptors (Lipinski definition) is 4. The molecule has 1 atom stereocenters. The number of methoxy groups -OCH3 is 1. The van der Waals surface area contributed by atoms with E-state index in [0.29, 0.717) is 0 Å². The summed E-state index contributed by atoms with van der Waals surface area (Å²) in [6, 6.07) is 5.97. The molecule has 116 valence electrons. The second-order valence-electron chi connectivity index (χ2n) is 5.83. The average Bonchev–Trinajstić information content (AvgIpc) is 2.47. The van der Waals surface area contributed by atoms with E-state index in [2.05, 4.69) is 11.0 Å². The summed E-state index contributed by atoms with van der Waals surface area (Å²) in [5.41, 5.74) is 13.9. The zero-order valence-electron chi connectivity index (χ0n) is 12.8. The third kappa shape index (κ3) is 3.95. The Morgan fingerprint density at radius 2 is 2.10 bits per heavy atom. The van der Waals surface area contributed by atoms with Crippen molar-refractivity contribution < 1.29 is 9.53 Å². The van der Waals surface area contributed by atoms with Gasteiger partial charge in [-0.3, -0.25) is 4.79 Å². The molecule has 0 bridgehead atoms. The number of amides is 1. The third-order valence-electron chi connectivity index (χ3n) is 4.23. The Morgan fingerprint density at radius 3 is 2.67 bits per heavy atom. The topological polar surface area (TPSA) is 81.6 Å². The number of primary amides is 1. The molecule has 0 aliphatic carbocycles. The summed E-state index contributed by atoms with van der Waals surface area (Å²) in [7, 11) is 1.67. The lowest BCUT2D eigenvalue weighted by atomic mass is 9.95. The molecule has 1 aliphatic heterocycles. The highest BCUT2D eigenvalue weighted by Crippen LogP contribution is 2.26. The van der Waals surface area contributed by atoms with Crippen molar-refractivity contribution in [1.29, 1.82) is 0 Å². The van der Waals surface area contributed by atoms with Crippen LogP contribution in [0.2, 0.25) is 0 Å². The molecule has 0 aromatic heterocycles. The fourth-order valence-electron chi connectivity index (χ4n) is 2.92. The second-order valence-corrected chi connectivity index (χ2v) is 5.83. The molecule has 1 aromatic carbocycles. The molecule has 1 unspecified atom stereocenters. The fourth-order valence-corrected chi connectivity index (χ4v) is 2.92. The molecule has 1 aliphatic rings. The first kappa shape index (κ1) is 15.8. The highest BCUT2D eigenvalue weighted by atomic mass is 16.5. The predicted molar refractivity (Wildman–Crippen MR) is 83.0 cm³/mol. The van der Waals surface area contributed by atoms with Crippen LogP contribution in [0.3, 0.4) is 0 Å². The molecule has 1 amide bonds. The van der Waals surface area contributed by atoms with Gasteiger partial charge in [0.05, 0.1) is 7.11 Å². The first-order valence-corrected chi connectivity index (χ1v) is 7.43. The smallest absolute Gasteiger partial charge is 0.220 e. The number of rotatable bonds is 5. The van der Waals surface area contributed by atoms with Gasteiger partial charge in [0, 0.05) is 24.1 Å². The number of aryl methyl sites for hydroxylation is 1. The molecule has 0 spiro atoms. The molecule has 0 radical (unpaired) electrons. The van der Waals surface area contributed by atoms with E-state index in [9.17, 15) is 4.79 Å². The molecule has 2 rings (SSSR count). The van der Waals surface area contributed by atoms with E-state index in [0.717, 1.165) is 43.8 Å². The van der Waals surface area contributed by atoms with Gasteiger partial charge in [-0.15, -0.1) is 0 Å². The van der Waals surface area contributed by atoms with E-state index < -0.39 is 0 Å². The van der Waals surface area contributed by atoms with E-state index in [1.54, 1.807) is 7.11 Å². The van der Waals surface area contributed by atoms with Gasteiger partial charge in [0.15, 0.2) is 0 Å². The number of hydrogen-bond donors (Lipinski definition) is 2. The highest BCUT2D eigenvalue weighted by molar-refractivity contribution is 5.76. The van der Waals surface area contributed by atoms with E-state index in [1.807, 2.05) is 19.1 Å². The van der Waals surface area contributed by atoms with Crippen molar-refractivity contribution in [2.75, 3.05) is 26.7 Å². The third-order valence-corrected chi connectivity index (χ3v) is 4.23. The molecule has 0 saturated carbocycles. The Balaban J connectivity index is 1.98. The fraction of sp³-hybridized carbons (Fsp3) is 0.562. The van der Waals surface area contributed by atoms with Gasteiger partial charge in [-0.25, -0.2) is 0 Å². The molecule has 5 heteroatoms. The van der Waals surface area contributed by atoms with Crippen LogP contribution in [0.5, 0.6) is 5.75 Å². The largest absolute Gasteiger partial charge is 0.496 e. The number of nitrogens with zero attached hydrogens (tertiary/aromatic N) is 1. The maximum Gasteiger partial charge on any atom is 0.220 e. The molecule has 21 heavy (non-hydrogen) atoms. The van der Waals surface area contributed by atoms with Gasteiger partial charge in [-0.1, -0.05) is 17.7 Å². The summed E-state index contributed by atoms with van der Waals surface area (Å²) in [6.07, 6.45) is 1.65. The highest BCUT2D eigenvalue weighted by Gasteiger charge is 2.24. The first-order chi connectivity index (χ1) is 10.0. The normalized spacial score (nSPS) is 18.4. The van der Waals surface area contributed by atoms with Crippen LogP contribution in [0, 0.1) is 12.8 Å². The van der Waals surface area contributed by atoms with Crippen molar-refractivity contribution in [2.45, 2.75) is 25.8 Å². The van der Waals surface area contributed by atoms with Gasteiger partial charge in [0.2, 0.25) is 5.91 Å². The SMILES string of the molecule is COc1ccc(C)cc1C(N)CN1CCC(C(N)=O)CC1. The van der Waals surface area contributed by atoms with Crippen LogP contribution in [0.25, 0.3) is 0 Å². The van der Waals surface area contributed by atoms with Crippen LogP contribution in [0.4, 0.5) is 0 Å². The maximum atomic E-state index is 11.2. The number of likely N-dealkylation sites (tertiary alicyclic amines) is 1. The molecular formula is C16H25N3O2. The van der Waals surface area contributed by atoms with Crippen molar-refractivity contribution in [3.63, 3.8) is 0 Å². The molecule has 1 fully saturated rings. The Bertz CT molecular complexity index is 496. The van der Waals surface area contributed by atoms with Crippen LogP contribution in [-0.4, -0.2) is 37.6 Å². The zero-order valence-corrected chi connectivity index (χ0v) is 12.8. The first-order valence-electron chi connectivity index (χ1n) is 7.43. The van der Waals surface area contributed by atoms with Crippen molar-refractivity contribution in [3.05, 3.63) is 29.3 Å². The lowest BCUT2D eigenvalue weighted by Gasteiger charge is -2.32. The van der Waals surface area contributed by atoms with Crippen molar-refractivity contribution >= 4 is 5.91 Å². The van der Waals surface area contributed by atoms with E-state index >= 15 is 0 Å². The van der Waals surface area contributed by atoms with Gasteiger partial charge in [0.1, 0.15) is 5.75 Å². The van der Waals surface area contributed by atoms with Crippen molar-refractivity contribution in [1.82, 2.24) is 4.90 Å². The number of nitrogens with two attached hydrogens (primary N) is 2. The van der Waals surface area contributed by atoms with Crippen LogP contribution in [0.15, 0.2) is 18.2 Å². The summed E-state index contributed by atoms with van der Waals surface area (Å²) >= 11 is 0. The molecular weight excluding hydrogens is 266 g/mol. The summed E-state index contributed by atoms with van der Waals surface area (Å²) in [5.74, 6) is 0.672. The molecule has 1 aromatic rings. The van der Waals surface area contributed by atoms with Crippen LogP contribution in [-0.2, 0) is 4.79 Å². The summed E-state index contributed by atoms with van der Waals surface area (Å²) in [4.78, 5) is 13.5. The van der Waals surface area contributed by atoms with Gasteiger partial charge < -0.3 is 21.1 Å². The van der Waals surface area contributed by atoms with Crippen LogP contribution >= 0.6 is 0 Å². The minimum atomic E-state index is -0.181. The number of ether oxygens (including phenoxy) is 1. The Labute approximate surface area is 126 Å². The lowest BCUT2D eigenvalue weighted by molar-refractivity contribution is -0.123.